The number of ether oxygens (including phenoxy) is 1. The molecule has 0 radical (unpaired) electrons. The summed E-state index contributed by atoms with van der Waals surface area (Å²) in [5.41, 5.74) is 5.39. The van der Waals surface area contributed by atoms with Crippen LogP contribution in [0.1, 0.15) is 66.7 Å². The highest BCUT2D eigenvalue weighted by Gasteiger charge is 2.51. The van der Waals surface area contributed by atoms with Gasteiger partial charge in [0.05, 0.1) is 46.5 Å². The third-order valence-corrected chi connectivity index (χ3v) is 12.3. The summed E-state index contributed by atoms with van der Waals surface area (Å²) < 4.78 is 26.2. The van der Waals surface area contributed by atoms with Crippen LogP contribution in [0, 0.1) is 42.8 Å². The van der Waals surface area contributed by atoms with Crippen LogP contribution in [-0.4, -0.2) is 50.6 Å². The average Bonchev–Trinajstić information content (AvgIpc) is 3.40. The van der Waals surface area contributed by atoms with Crippen LogP contribution < -0.4 is 10.1 Å². The summed E-state index contributed by atoms with van der Waals surface area (Å²) >= 11 is 13.1. The second-order valence-corrected chi connectivity index (χ2v) is 15.5. The van der Waals surface area contributed by atoms with E-state index in [1.807, 2.05) is 30.9 Å². The topological polar surface area (TPSA) is 96.1 Å². The van der Waals surface area contributed by atoms with E-state index in [2.05, 4.69) is 27.0 Å². The highest BCUT2D eigenvalue weighted by Crippen LogP contribution is 2.51. The normalized spacial score (nSPS) is 23.9. The highest BCUT2D eigenvalue weighted by molar-refractivity contribution is 6.43. The van der Waals surface area contributed by atoms with Crippen molar-refractivity contribution in [3.63, 3.8) is 0 Å². The molecule has 10 rings (SSSR count). The van der Waals surface area contributed by atoms with Crippen molar-refractivity contribution in [1.82, 2.24) is 24.8 Å². The molecule has 51 heavy (non-hydrogen) atoms. The Balaban J connectivity index is 1.26. The molecule has 1 N–H and O–H groups in total. The SMILES string of the molecule is Cc1ccncc1OC1CC(c2cc3c(C)nc4c(F)c(-c5cccc(Cl)c5Cl)c(CCC#N)cc4c3n2C2C3CNC2C3)N(C(=O)C2CC2)C1. The number of likely N-dealkylation sites (tertiary alicyclic amines) is 1. The fourth-order valence-corrected chi connectivity index (χ4v) is 9.22. The van der Waals surface area contributed by atoms with Crippen molar-refractivity contribution in [1.29, 1.82) is 5.26 Å². The number of hydrogen-bond acceptors (Lipinski definition) is 6. The van der Waals surface area contributed by atoms with E-state index in [0.29, 0.717) is 58.1 Å². The molecule has 6 heterocycles. The van der Waals surface area contributed by atoms with Gasteiger partial charge >= 0.3 is 0 Å². The summed E-state index contributed by atoms with van der Waals surface area (Å²) in [6.45, 7) is 5.33. The molecule has 2 aromatic carbocycles. The van der Waals surface area contributed by atoms with Gasteiger partial charge in [-0.25, -0.2) is 9.37 Å². The fraction of sp³-hybridized carbons (Fsp3) is 0.400. The monoisotopic (exact) mass is 722 g/mol. The van der Waals surface area contributed by atoms with Crippen LogP contribution in [0.15, 0.2) is 48.8 Å². The minimum Gasteiger partial charge on any atom is -0.487 e. The number of hydrogen-bond donors (Lipinski definition) is 1. The maximum atomic E-state index is 17.2. The van der Waals surface area contributed by atoms with Crippen molar-refractivity contribution < 1.29 is 13.9 Å². The first-order valence-corrected chi connectivity index (χ1v) is 18.6. The lowest BCUT2D eigenvalue weighted by molar-refractivity contribution is -0.133. The molecule has 2 aliphatic carbocycles. The van der Waals surface area contributed by atoms with E-state index in [4.69, 9.17) is 32.9 Å². The number of rotatable bonds is 8. The van der Waals surface area contributed by atoms with Crippen LogP contribution in [0.5, 0.6) is 5.75 Å². The van der Waals surface area contributed by atoms with Gasteiger partial charge < -0.3 is 19.5 Å². The summed E-state index contributed by atoms with van der Waals surface area (Å²) in [6.07, 6.45) is 7.35. The predicted molar refractivity (Wildman–Crippen MR) is 195 cm³/mol. The first-order valence-electron chi connectivity index (χ1n) is 17.8. The smallest absolute Gasteiger partial charge is 0.226 e. The minimum atomic E-state index is -0.481. The first kappa shape index (κ1) is 32.7. The lowest BCUT2D eigenvalue weighted by atomic mass is 9.79. The Morgan fingerprint density at radius 2 is 2.00 bits per heavy atom. The standard InChI is InChI=1S/C40H37Cl2FN6O2/c1-20-10-12-45-18-33(20)51-25-15-31(48(19-25)40(50)22-8-9-22)32-16-27-21(2)47-37-28(39(27)49(32)38-24-14-30(38)46-17-24)13-23(5-4-11-44)34(36(37)43)26-6-3-7-29(41)35(26)42/h3,6-7,10,12-13,16,18,22,24-25,30-31,38,46H,4-5,8-9,14-15,17,19H2,1-2H3. The maximum absolute atomic E-state index is 17.2. The van der Waals surface area contributed by atoms with Gasteiger partial charge in [-0.05, 0) is 80.8 Å². The summed E-state index contributed by atoms with van der Waals surface area (Å²) in [5.74, 6) is 0.882. The molecule has 3 saturated heterocycles. The van der Waals surface area contributed by atoms with E-state index in [1.54, 1.807) is 30.6 Å². The van der Waals surface area contributed by atoms with Gasteiger partial charge in [-0.1, -0.05) is 35.3 Å². The van der Waals surface area contributed by atoms with Crippen LogP contribution in [0.3, 0.4) is 0 Å². The molecule has 2 saturated carbocycles. The van der Waals surface area contributed by atoms with Crippen molar-refractivity contribution in [2.45, 2.75) is 76.6 Å². The predicted octanol–water partition coefficient (Wildman–Crippen LogP) is 8.43. The van der Waals surface area contributed by atoms with Gasteiger partial charge in [0.25, 0.3) is 0 Å². The van der Waals surface area contributed by atoms with Crippen molar-refractivity contribution in [2.75, 3.05) is 13.1 Å². The van der Waals surface area contributed by atoms with Crippen LogP contribution in [0.25, 0.3) is 32.9 Å². The highest BCUT2D eigenvalue weighted by atomic mass is 35.5. The number of carbonyl (C=O) groups is 1. The Morgan fingerprint density at radius 1 is 1.16 bits per heavy atom. The van der Waals surface area contributed by atoms with Gasteiger partial charge in [0, 0.05) is 70.8 Å². The van der Waals surface area contributed by atoms with Crippen molar-refractivity contribution in [3.05, 3.63) is 87.2 Å². The van der Waals surface area contributed by atoms with Gasteiger partial charge in [0.15, 0.2) is 5.82 Å². The van der Waals surface area contributed by atoms with E-state index < -0.39 is 5.82 Å². The third-order valence-electron chi connectivity index (χ3n) is 11.5. The Labute approximate surface area is 305 Å². The van der Waals surface area contributed by atoms with E-state index in [1.165, 1.54) is 0 Å². The van der Waals surface area contributed by atoms with Gasteiger partial charge in [0.2, 0.25) is 5.91 Å². The zero-order chi connectivity index (χ0) is 35.1. The van der Waals surface area contributed by atoms with Gasteiger partial charge in [-0.2, -0.15) is 5.26 Å². The Bertz CT molecular complexity index is 2280. The minimum absolute atomic E-state index is 0.0449. The summed E-state index contributed by atoms with van der Waals surface area (Å²) in [4.78, 5) is 25.2. The zero-order valence-electron chi connectivity index (χ0n) is 28.4. The van der Waals surface area contributed by atoms with E-state index in [9.17, 15) is 10.1 Å². The molecular weight excluding hydrogens is 686 g/mol. The van der Waals surface area contributed by atoms with Gasteiger partial charge in [-0.3, -0.25) is 9.78 Å². The Hall–Kier alpha value is -4.23. The summed E-state index contributed by atoms with van der Waals surface area (Å²) in [6, 6.07) is 13.8. The fourth-order valence-electron chi connectivity index (χ4n) is 8.82. The van der Waals surface area contributed by atoms with Crippen molar-refractivity contribution in [2.24, 2.45) is 11.8 Å². The van der Waals surface area contributed by atoms with E-state index in [-0.39, 0.29) is 53.0 Å². The molecule has 260 valence electrons. The number of pyridine rings is 2. The number of nitrogens with one attached hydrogen (secondary N) is 1. The molecule has 11 heteroatoms. The molecule has 2 bridgehead atoms. The first-order chi connectivity index (χ1) is 24.7. The lowest BCUT2D eigenvalue weighted by Gasteiger charge is -2.39. The number of aromatic nitrogens is 3. The number of nitrogens with zero attached hydrogens (tertiary/aromatic N) is 5. The van der Waals surface area contributed by atoms with Crippen LogP contribution in [-0.2, 0) is 11.2 Å². The maximum Gasteiger partial charge on any atom is 0.226 e. The Kier molecular flexibility index (Phi) is 7.99. The van der Waals surface area contributed by atoms with E-state index >= 15 is 4.39 Å². The van der Waals surface area contributed by atoms with Gasteiger partial charge in [0.1, 0.15) is 17.4 Å². The molecule has 3 aromatic heterocycles. The average molecular weight is 724 g/mol. The second kappa shape index (κ2) is 12.5. The van der Waals surface area contributed by atoms with Crippen LogP contribution >= 0.6 is 23.2 Å². The van der Waals surface area contributed by atoms with E-state index in [0.717, 1.165) is 53.7 Å². The number of aryl methyl sites for hydroxylation is 3. The largest absolute Gasteiger partial charge is 0.487 e. The molecule has 5 aromatic rings. The molecule has 5 atom stereocenters. The summed E-state index contributed by atoms with van der Waals surface area (Å²) in [7, 11) is 0. The molecule has 5 unspecified atom stereocenters. The molecular formula is C40H37Cl2FN6O2. The van der Waals surface area contributed by atoms with Crippen LogP contribution in [0.4, 0.5) is 4.39 Å². The molecule has 3 aliphatic heterocycles. The molecule has 5 fully saturated rings. The van der Waals surface area contributed by atoms with Crippen LogP contribution in [0.2, 0.25) is 10.0 Å². The number of fused-ring (bicyclic) bond motifs is 4. The summed E-state index contributed by atoms with van der Waals surface area (Å²) in [5, 5.41) is 15.5. The molecule has 1 amide bonds. The molecule has 0 spiro atoms. The molecule has 8 nitrogen and oxygen atoms in total. The Morgan fingerprint density at radius 3 is 2.73 bits per heavy atom. The molecule has 5 aliphatic rings. The number of carbonyl (C=O) groups excluding carboxylic acids is 1. The lowest BCUT2D eigenvalue weighted by Crippen LogP contribution is -2.41. The quantitative estimate of drug-likeness (QED) is 0.173. The number of halogens is 3. The van der Waals surface area contributed by atoms with Gasteiger partial charge in [-0.15, -0.1) is 0 Å². The zero-order valence-corrected chi connectivity index (χ0v) is 29.9. The van der Waals surface area contributed by atoms with Crippen molar-refractivity contribution >= 4 is 50.9 Å². The number of nitriles is 1. The third kappa shape index (κ3) is 5.29. The van der Waals surface area contributed by atoms with Crippen molar-refractivity contribution in [3.8, 4) is 22.9 Å². The number of benzene rings is 2. The number of amides is 1. The second-order valence-electron chi connectivity index (χ2n) is 14.7.